The number of rotatable bonds is 4. The molecule has 8 heteroatoms. The highest BCUT2D eigenvalue weighted by atomic mass is 35.5. The summed E-state index contributed by atoms with van der Waals surface area (Å²) in [5.74, 6) is -2.12. The molecule has 4 rings (SSSR count). The topological polar surface area (TPSA) is 100.0 Å². The van der Waals surface area contributed by atoms with Crippen LogP contribution in [0.3, 0.4) is 0 Å². The van der Waals surface area contributed by atoms with Crippen molar-refractivity contribution in [2.75, 3.05) is 12.0 Å². The van der Waals surface area contributed by atoms with E-state index in [0.29, 0.717) is 10.6 Å². The third-order valence-electron chi connectivity index (χ3n) is 5.25. The van der Waals surface area contributed by atoms with Gasteiger partial charge in [0.1, 0.15) is 17.3 Å². The van der Waals surface area contributed by atoms with Crippen LogP contribution in [-0.4, -0.2) is 34.0 Å². The first-order valence-electron chi connectivity index (χ1n) is 9.68. The summed E-state index contributed by atoms with van der Waals surface area (Å²) in [5.41, 5.74) is 1.42. The van der Waals surface area contributed by atoms with Gasteiger partial charge < -0.3 is 14.9 Å². The number of ether oxygens (including phenoxy) is 1. The van der Waals surface area contributed by atoms with Gasteiger partial charge in [0.2, 0.25) is 0 Å². The van der Waals surface area contributed by atoms with E-state index in [0.717, 1.165) is 5.56 Å². The molecule has 0 radical (unpaired) electrons. The van der Waals surface area contributed by atoms with Crippen molar-refractivity contribution in [1.29, 1.82) is 0 Å². The molecule has 0 aliphatic carbocycles. The Morgan fingerprint density at radius 1 is 1.16 bits per heavy atom. The molecular formula is C24H19ClN2O5. The van der Waals surface area contributed by atoms with Crippen molar-refractivity contribution >= 4 is 34.7 Å². The number of phenols is 1. The SMILES string of the molecule is COc1ccc(Cl)cc1/C(O)=C1\C(=O)C(=O)N(c2cc(C)ccc2O)C1c1cccnc1. The van der Waals surface area contributed by atoms with E-state index in [1.54, 1.807) is 49.5 Å². The predicted molar refractivity (Wildman–Crippen MR) is 120 cm³/mol. The molecule has 3 aromatic rings. The summed E-state index contributed by atoms with van der Waals surface area (Å²) in [4.78, 5) is 31.6. The molecule has 1 atom stereocenters. The van der Waals surface area contributed by atoms with Crippen molar-refractivity contribution in [3.8, 4) is 11.5 Å². The lowest BCUT2D eigenvalue weighted by Crippen LogP contribution is -2.29. The summed E-state index contributed by atoms with van der Waals surface area (Å²) in [5, 5.41) is 22.0. The van der Waals surface area contributed by atoms with E-state index < -0.39 is 23.5 Å². The average molecular weight is 451 g/mol. The molecule has 1 saturated heterocycles. The quantitative estimate of drug-likeness (QED) is 0.347. The van der Waals surface area contributed by atoms with Gasteiger partial charge in [-0.1, -0.05) is 23.7 Å². The minimum atomic E-state index is -1.03. The molecule has 1 amide bonds. The van der Waals surface area contributed by atoms with E-state index in [9.17, 15) is 19.8 Å². The highest BCUT2D eigenvalue weighted by molar-refractivity contribution is 6.52. The number of methoxy groups -OCH3 is 1. The van der Waals surface area contributed by atoms with Gasteiger partial charge >= 0.3 is 0 Å². The second-order valence-electron chi connectivity index (χ2n) is 7.29. The largest absolute Gasteiger partial charge is 0.507 e. The fourth-order valence-electron chi connectivity index (χ4n) is 3.77. The number of aromatic nitrogens is 1. The molecule has 1 unspecified atom stereocenters. The molecular weight excluding hydrogens is 432 g/mol. The minimum absolute atomic E-state index is 0.151. The average Bonchev–Trinajstić information content (AvgIpc) is 3.06. The molecule has 2 aromatic carbocycles. The summed E-state index contributed by atoms with van der Waals surface area (Å²) in [7, 11) is 1.42. The second kappa shape index (κ2) is 8.36. The van der Waals surface area contributed by atoms with Crippen LogP contribution >= 0.6 is 11.6 Å². The van der Waals surface area contributed by atoms with Crippen LogP contribution in [0.25, 0.3) is 5.76 Å². The van der Waals surface area contributed by atoms with Crippen LogP contribution < -0.4 is 9.64 Å². The fraction of sp³-hybridized carbons (Fsp3) is 0.125. The van der Waals surface area contributed by atoms with E-state index in [2.05, 4.69) is 4.98 Å². The molecule has 0 spiro atoms. The number of aryl methyl sites for hydroxylation is 1. The highest BCUT2D eigenvalue weighted by Crippen LogP contribution is 2.45. The van der Waals surface area contributed by atoms with Gasteiger partial charge in [0.15, 0.2) is 0 Å². The molecule has 1 aliphatic heterocycles. The van der Waals surface area contributed by atoms with Crippen molar-refractivity contribution in [3.05, 3.63) is 88.2 Å². The van der Waals surface area contributed by atoms with Gasteiger partial charge in [0, 0.05) is 17.4 Å². The molecule has 2 N–H and O–H groups in total. The van der Waals surface area contributed by atoms with E-state index in [-0.39, 0.29) is 28.3 Å². The number of aliphatic hydroxyl groups is 1. The predicted octanol–water partition coefficient (Wildman–Crippen LogP) is 4.38. The maximum atomic E-state index is 13.2. The number of carbonyl (C=O) groups is 2. The lowest BCUT2D eigenvalue weighted by Gasteiger charge is -2.26. The number of phenolic OH excluding ortho intramolecular Hbond substituents is 1. The van der Waals surface area contributed by atoms with Crippen LogP contribution in [0.5, 0.6) is 11.5 Å². The first kappa shape index (κ1) is 21.4. The maximum absolute atomic E-state index is 13.2. The van der Waals surface area contributed by atoms with Crippen LogP contribution in [0.4, 0.5) is 5.69 Å². The van der Waals surface area contributed by atoms with Gasteiger partial charge in [-0.2, -0.15) is 0 Å². The van der Waals surface area contributed by atoms with Gasteiger partial charge in [-0.25, -0.2) is 0 Å². The van der Waals surface area contributed by atoms with Crippen molar-refractivity contribution in [3.63, 3.8) is 0 Å². The number of nitrogens with zero attached hydrogens (tertiary/aromatic N) is 2. The lowest BCUT2D eigenvalue weighted by molar-refractivity contribution is -0.132. The van der Waals surface area contributed by atoms with Crippen molar-refractivity contribution in [2.45, 2.75) is 13.0 Å². The Bertz CT molecular complexity index is 1260. The van der Waals surface area contributed by atoms with E-state index in [1.165, 1.54) is 30.3 Å². The number of aromatic hydroxyl groups is 1. The standard InChI is InChI=1S/C24H19ClN2O5/c1-13-5-7-18(28)17(10-13)27-21(14-4-3-9-26-12-14)20(23(30)24(27)31)22(29)16-11-15(25)6-8-19(16)32-2/h3-12,21,28-29H,1-2H3/b22-20+. The highest BCUT2D eigenvalue weighted by Gasteiger charge is 2.48. The van der Waals surface area contributed by atoms with Gasteiger partial charge in [0.05, 0.1) is 30.0 Å². The van der Waals surface area contributed by atoms with Crippen molar-refractivity contribution < 1.29 is 24.5 Å². The minimum Gasteiger partial charge on any atom is -0.507 e. The van der Waals surface area contributed by atoms with Gasteiger partial charge in [-0.15, -0.1) is 0 Å². The van der Waals surface area contributed by atoms with Crippen LogP contribution in [0, 0.1) is 6.92 Å². The van der Waals surface area contributed by atoms with Crippen LogP contribution in [0.1, 0.15) is 22.7 Å². The maximum Gasteiger partial charge on any atom is 0.300 e. The number of hydrogen-bond acceptors (Lipinski definition) is 6. The van der Waals surface area contributed by atoms with Crippen LogP contribution in [-0.2, 0) is 9.59 Å². The summed E-state index contributed by atoms with van der Waals surface area (Å²) >= 11 is 6.11. The Morgan fingerprint density at radius 3 is 2.62 bits per heavy atom. The summed E-state index contributed by atoms with van der Waals surface area (Å²) in [6, 6.07) is 11.6. The van der Waals surface area contributed by atoms with Gasteiger partial charge in [-0.05, 0) is 54.4 Å². The smallest absolute Gasteiger partial charge is 0.300 e. The molecule has 7 nitrogen and oxygen atoms in total. The first-order chi connectivity index (χ1) is 15.3. The molecule has 1 aromatic heterocycles. The van der Waals surface area contributed by atoms with E-state index in [4.69, 9.17) is 16.3 Å². The Hall–Kier alpha value is -3.84. The van der Waals surface area contributed by atoms with Crippen LogP contribution in [0.15, 0.2) is 66.5 Å². The summed E-state index contributed by atoms with van der Waals surface area (Å²) < 4.78 is 5.32. The Labute approximate surface area is 189 Å². The van der Waals surface area contributed by atoms with Crippen LogP contribution in [0.2, 0.25) is 5.02 Å². The Kier molecular flexibility index (Phi) is 5.59. The number of halogens is 1. The molecule has 1 aliphatic rings. The van der Waals surface area contributed by atoms with Gasteiger partial charge in [-0.3, -0.25) is 19.5 Å². The third kappa shape index (κ3) is 3.56. The number of aliphatic hydroxyl groups excluding tert-OH is 1. The summed E-state index contributed by atoms with van der Waals surface area (Å²) in [6.07, 6.45) is 3.05. The summed E-state index contributed by atoms with van der Waals surface area (Å²) in [6.45, 7) is 1.80. The zero-order valence-corrected chi connectivity index (χ0v) is 18.0. The third-order valence-corrected chi connectivity index (χ3v) is 5.49. The number of carbonyl (C=O) groups excluding carboxylic acids is 2. The van der Waals surface area contributed by atoms with Gasteiger partial charge in [0.25, 0.3) is 11.7 Å². The number of hydrogen-bond donors (Lipinski definition) is 2. The number of benzene rings is 2. The molecule has 0 saturated carbocycles. The zero-order valence-electron chi connectivity index (χ0n) is 17.2. The number of ketones is 1. The van der Waals surface area contributed by atoms with E-state index in [1.807, 2.05) is 0 Å². The molecule has 32 heavy (non-hydrogen) atoms. The van der Waals surface area contributed by atoms with Crippen molar-refractivity contribution in [1.82, 2.24) is 4.98 Å². The van der Waals surface area contributed by atoms with Crippen molar-refractivity contribution in [2.24, 2.45) is 0 Å². The Balaban J connectivity index is 2.01. The fourth-order valence-corrected chi connectivity index (χ4v) is 3.94. The zero-order chi connectivity index (χ0) is 23.0. The first-order valence-corrected chi connectivity index (χ1v) is 10.1. The second-order valence-corrected chi connectivity index (χ2v) is 7.73. The number of Topliss-reactive ketones (excluding diaryl/α,β-unsaturated/α-hetero) is 1. The molecule has 2 heterocycles. The lowest BCUT2D eigenvalue weighted by atomic mass is 9.95. The Morgan fingerprint density at radius 2 is 1.94 bits per heavy atom. The molecule has 0 bridgehead atoms. The molecule has 162 valence electrons. The number of pyridine rings is 1. The van der Waals surface area contributed by atoms with E-state index >= 15 is 0 Å². The number of amides is 1. The normalized spacial score (nSPS) is 17.6. The molecule has 1 fully saturated rings. The number of anilines is 1. The monoisotopic (exact) mass is 450 g/mol.